The quantitative estimate of drug-likeness (QED) is 0.598. The van der Waals surface area contributed by atoms with Gasteiger partial charge in [-0.2, -0.15) is 0 Å². The van der Waals surface area contributed by atoms with E-state index in [1.807, 2.05) is 6.07 Å². The van der Waals surface area contributed by atoms with Crippen molar-refractivity contribution >= 4 is 18.2 Å². The Hall–Kier alpha value is -0.885. The molecule has 0 saturated carbocycles. The zero-order valence-corrected chi connectivity index (χ0v) is 6.84. The molecular formula is C9H7BS. The molecule has 0 N–H and O–H groups in total. The van der Waals surface area contributed by atoms with Crippen molar-refractivity contribution in [3.63, 3.8) is 0 Å². The molecule has 0 amide bonds. The van der Waals surface area contributed by atoms with Crippen LogP contribution in [0, 0.1) is 0 Å². The fraction of sp³-hybridized carbons (Fsp3) is 0. The van der Waals surface area contributed by atoms with Crippen molar-refractivity contribution in [2.75, 3.05) is 0 Å². The van der Waals surface area contributed by atoms with Crippen LogP contribution in [0.3, 0.4) is 0 Å². The summed E-state index contributed by atoms with van der Waals surface area (Å²) in [5.74, 6) is 2.06. The molecule has 11 heavy (non-hydrogen) atoms. The summed E-state index contributed by atoms with van der Waals surface area (Å²) in [7, 11) is 0. The van der Waals surface area contributed by atoms with Gasteiger partial charge in [-0.15, -0.1) is 0 Å². The molecule has 0 radical (unpaired) electrons. The van der Waals surface area contributed by atoms with Crippen molar-refractivity contribution in [1.29, 1.82) is 0 Å². The van der Waals surface area contributed by atoms with E-state index in [0.29, 0.717) is 0 Å². The first-order valence-electron chi connectivity index (χ1n) is 3.56. The second-order valence-corrected chi connectivity index (χ2v) is 3.29. The van der Waals surface area contributed by atoms with E-state index in [4.69, 9.17) is 0 Å². The van der Waals surface area contributed by atoms with Gasteiger partial charge >= 0.3 is 70.3 Å². The van der Waals surface area contributed by atoms with Crippen molar-refractivity contribution in [1.82, 2.24) is 0 Å². The van der Waals surface area contributed by atoms with E-state index in [2.05, 4.69) is 42.5 Å². The van der Waals surface area contributed by atoms with E-state index in [1.54, 1.807) is 11.3 Å². The molecule has 0 aliphatic rings. The Bertz CT molecular complexity index is 313. The zero-order chi connectivity index (χ0) is 7.52. The normalized spacial score (nSPS) is 9.45. The fourth-order valence-electron chi connectivity index (χ4n) is 1.05. The molecule has 0 unspecified atom stereocenters. The number of thiophene rings is 1. The van der Waals surface area contributed by atoms with Crippen LogP contribution in [0.1, 0.15) is 0 Å². The summed E-state index contributed by atoms with van der Waals surface area (Å²) in [6.45, 7) is 2.13. The molecule has 0 saturated heterocycles. The molecule has 0 bridgehead atoms. The molecule has 0 atom stereocenters. The van der Waals surface area contributed by atoms with Crippen LogP contribution in [-0.4, -0.2) is 6.91 Å². The Labute approximate surface area is 70.7 Å². The van der Waals surface area contributed by atoms with E-state index in [9.17, 15) is 0 Å². The Kier molecular flexibility index (Phi) is 1.86. The minimum atomic E-state index is 1.31. The summed E-state index contributed by atoms with van der Waals surface area (Å²) in [5, 5.41) is 2.10. The molecule has 0 spiro atoms. The van der Waals surface area contributed by atoms with Gasteiger partial charge in [0.1, 0.15) is 0 Å². The molecule has 52 valence electrons. The monoisotopic (exact) mass is 158 g/mol. The summed E-state index contributed by atoms with van der Waals surface area (Å²) in [6, 6.07) is 10.4. The van der Waals surface area contributed by atoms with Gasteiger partial charge in [0.2, 0.25) is 0 Å². The third kappa shape index (κ3) is 1.41. The molecule has 2 heteroatoms. The van der Waals surface area contributed by atoms with E-state index in [1.165, 1.54) is 10.3 Å². The number of hydrogen-bond donors (Lipinski definition) is 0. The standard InChI is InChI=1S/C9H7BS/c1-2-6-10-8(4-1)9-5-3-7-11-9/h1-7H. The summed E-state index contributed by atoms with van der Waals surface area (Å²) >= 11 is 1.78. The molecule has 0 fully saturated rings. The fourth-order valence-corrected chi connectivity index (χ4v) is 1.78. The molecule has 2 heterocycles. The maximum atomic E-state index is 2.14. The van der Waals surface area contributed by atoms with Gasteiger partial charge in [0, 0.05) is 0 Å². The Morgan fingerprint density at radius 2 is 2.09 bits per heavy atom. The molecular weight excluding hydrogens is 151 g/mol. The molecule has 0 aromatic carbocycles. The van der Waals surface area contributed by atoms with E-state index in [0.717, 1.165) is 0 Å². The van der Waals surface area contributed by atoms with Gasteiger partial charge in [-0.3, -0.25) is 0 Å². The van der Waals surface area contributed by atoms with Gasteiger partial charge in [0.15, 0.2) is 0 Å². The zero-order valence-electron chi connectivity index (χ0n) is 6.03. The molecule has 0 aliphatic carbocycles. The minimum absolute atomic E-state index is 1.31. The SMILES string of the molecule is b1ccccc1-c1cccs1. The number of rotatable bonds is 1. The predicted octanol–water partition coefficient (Wildman–Crippen LogP) is 2.75. The summed E-state index contributed by atoms with van der Waals surface area (Å²) in [5.41, 5.74) is 1.31. The molecule has 2 rings (SSSR count). The Morgan fingerprint density at radius 1 is 1.09 bits per heavy atom. The van der Waals surface area contributed by atoms with Gasteiger partial charge in [-0.05, 0) is 0 Å². The van der Waals surface area contributed by atoms with Crippen LogP contribution < -0.4 is 0 Å². The van der Waals surface area contributed by atoms with Gasteiger partial charge < -0.3 is 0 Å². The van der Waals surface area contributed by atoms with Crippen molar-refractivity contribution in [3.8, 4) is 10.3 Å². The van der Waals surface area contributed by atoms with Crippen LogP contribution in [-0.2, 0) is 0 Å². The third-order valence-corrected chi connectivity index (χ3v) is 2.50. The summed E-state index contributed by atoms with van der Waals surface area (Å²) in [6.07, 6.45) is 0. The van der Waals surface area contributed by atoms with Crippen LogP contribution in [0.25, 0.3) is 10.3 Å². The maximum absolute atomic E-state index is 2.14. The van der Waals surface area contributed by atoms with Gasteiger partial charge in [-0.1, -0.05) is 0 Å². The van der Waals surface area contributed by atoms with Crippen molar-refractivity contribution < 1.29 is 0 Å². The van der Waals surface area contributed by atoms with E-state index >= 15 is 0 Å². The van der Waals surface area contributed by atoms with Gasteiger partial charge in [-0.25, -0.2) is 0 Å². The first-order valence-corrected chi connectivity index (χ1v) is 4.44. The molecule has 2 aromatic rings. The van der Waals surface area contributed by atoms with Crippen molar-refractivity contribution in [2.24, 2.45) is 0 Å². The third-order valence-electron chi connectivity index (χ3n) is 1.58. The van der Waals surface area contributed by atoms with Gasteiger partial charge in [0.25, 0.3) is 0 Å². The second-order valence-electron chi connectivity index (χ2n) is 2.34. The Balaban J connectivity index is 2.46. The average molecular weight is 158 g/mol. The van der Waals surface area contributed by atoms with Crippen LogP contribution in [0.2, 0.25) is 0 Å². The van der Waals surface area contributed by atoms with Crippen LogP contribution >= 0.6 is 11.3 Å². The second kappa shape index (κ2) is 3.01. The first kappa shape index (κ1) is 6.80. The Morgan fingerprint density at radius 3 is 2.73 bits per heavy atom. The first-order chi connectivity index (χ1) is 5.47. The van der Waals surface area contributed by atoms with Crippen LogP contribution in [0.4, 0.5) is 0 Å². The van der Waals surface area contributed by atoms with E-state index < -0.39 is 0 Å². The molecule has 0 aliphatic heterocycles. The summed E-state index contributed by atoms with van der Waals surface area (Å²) < 4.78 is 0. The summed E-state index contributed by atoms with van der Waals surface area (Å²) in [4.78, 5) is 1.34. The predicted molar refractivity (Wildman–Crippen MR) is 51.1 cm³/mol. The molecule has 2 aromatic heterocycles. The van der Waals surface area contributed by atoms with E-state index in [-0.39, 0.29) is 0 Å². The van der Waals surface area contributed by atoms with Crippen molar-refractivity contribution in [2.45, 2.75) is 0 Å². The van der Waals surface area contributed by atoms with Crippen LogP contribution in [0.15, 0.2) is 41.7 Å². The van der Waals surface area contributed by atoms with Crippen molar-refractivity contribution in [3.05, 3.63) is 41.7 Å². The van der Waals surface area contributed by atoms with Crippen LogP contribution in [0.5, 0.6) is 0 Å². The topological polar surface area (TPSA) is 0 Å². The van der Waals surface area contributed by atoms with Gasteiger partial charge in [0.05, 0.1) is 0 Å². The average Bonchev–Trinajstić information content (AvgIpc) is 2.58. The molecule has 0 nitrogen and oxygen atoms in total. The number of hydrogen-bond acceptors (Lipinski definition) is 1.